The fourth-order valence-electron chi connectivity index (χ4n) is 3.45. The smallest absolute Gasteiger partial charge is 0.463 e. The van der Waals surface area contributed by atoms with Crippen LogP contribution in [0.3, 0.4) is 0 Å². The maximum Gasteiger partial charge on any atom is 0.475 e. The molecule has 2 saturated heterocycles. The lowest BCUT2D eigenvalue weighted by molar-refractivity contribution is -0.149. The Morgan fingerprint density at radius 2 is 2.22 bits per heavy atom. The second-order valence-corrected chi connectivity index (χ2v) is 9.50. The molecule has 1 aromatic heterocycles. The molecule has 1 aromatic rings. The van der Waals surface area contributed by atoms with Gasteiger partial charge in [0.1, 0.15) is 23.8 Å². The Morgan fingerprint density at radius 3 is 2.84 bits per heavy atom. The summed E-state index contributed by atoms with van der Waals surface area (Å²) in [6.45, 7) is 3.80. The van der Waals surface area contributed by atoms with Crippen LogP contribution in [0, 0.1) is 17.8 Å². The second kappa shape index (κ2) is 9.29. The molecule has 0 aliphatic carbocycles. The predicted octanol–water partition coefficient (Wildman–Crippen LogP) is 1.29. The fraction of sp³-hybridized carbons (Fsp3) is 0.632. The number of fused-ring (bicyclic) bond motifs is 1. The van der Waals surface area contributed by atoms with E-state index in [9.17, 15) is 23.3 Å². The number of hydrogen-bond acceptors (Lipinski definition) is 9. The molecular formula is C19H24FN2O9P. The summed E-state index contributed by atoms with van der Waals surface area (Å²) in [6, 6.07) is 1.13. The largest absolute Gasteiger partial charge is 0.475 e. The first-order valence-electron chi connectivity index (χ1n) is 9.83. The van der Waals surface area contributed by atoms with E-state index < -0.39 is 74.2 Å². The van der Waals surface area contributed by atoms with Gasteiger partial charge in [-0.25, -0.2) is 13.8 Å². The molecule has 0 amide bonds. The number of nitrogens with one attached hydrogen (secondary N) is 1. The second-order valence-electron chi connectivity index (χ2n) is 7.88. The minimum Gasteiger partial charge on any atom is -0.463 e. The van der Waals surface area contributed by atoms with E-state index in [0.717, 1.165) is 10.6 Å². The summed E-state index contributed by atoms with van der Waals surface area (Å²) in [4.78, 5) is 37.2. The molecule has 13 heteroatoms. The van der Waals surface area contributed by atoms with Crippen molar-refractivity contribution in [2.75, 3.05) is 13.2 Å². The van der Waals surface area contributed by atoms with E-state index in [1.807, 2.05) is 0 Å². The summed E-state index contributed by atoms with van der Waals surface area (Å²) in [7, 11) is -4.25. The van der Waals surface area contributed by atoms with Crippen molar-refractivity contribution >= 4 is 13.8 Å². The van der Waals surface area contributed by atoms with Crippen molar-refractivity contribution in [3.63, 3.8) is 0 Å². The third kappa shape index (κ3) is 5.03. The highest BCUT2D eigenvalue weighted by Gasteiger charge is 2.60. The minimum atomic E-state index is -4.25. The number of carbonyl (C=O) groups is 1. The van der Waals surface area contributed by atoms with Gasteiger partial charge in [0.15, 0.2) is 6.23 Å². The number of terminal acetylenes is 1. The number of aromatic nitrogens is 2. The lowest BCUT2D eigenvalue weighted by atomic mass is 9.83. The van der Waals surface area contributed by atoms with Crippen molar-refractivity contribution in [2.45, 2.75) is 57.9 Å². The average molecular weight is 474 g/mol. The zero-order valence-corrected chi connectivity index (χ0v) is 18.6. The van der Waals surface area contributed by atoms with E-state index >= 15 is 0 Å². The van der Waals surface area contributed by atoms with Crippen molar-refractivity contribution in [2.24, 2.45) is 5.41 Å². The number of H-pyrrole nitrogens is 1. The highest BCUT2D eigenvalue weighted by molar-refractivity contribution is 7.48. The van der Waals surface area contributed by atoms with Crippen molar-refractivity contribution in [1.82, 2.24) is 9.55 Å². The molecule has 2 aliphatic heterocycles. The van der Waals surface area contributed by atoms with Gasteiger partial charge in [-0.1, -0.05) is 5.92 Å². The molecule has 3 heterocycles. The number of ether oxygens (including phenoxy) is 2. The van der Waals surface area contributed by atoms with Crippen LogP contribution >= 0.6 is 7.82 Å². The Morgan fingerprint density at radius 1 is 1.50 bits per heavy atom. The molecule has 0 saturated carbocycles. The summed E-state index contributed by atoms with van der Waals surface area (Å²) < 4.78 is 54.5. The number of phosphoric ester groups is 1. The number of carbonyl (C=O) groups excluding carboxylic acids is 1. The molecule has 3 rings (SSSR count). The van der Waals surface area contributed by atoms with E-state index in [2.05, 4.69) is 10.9 Å². The summed E-state index contributed by atoms with van der Waals surface area (Å²) >= 11 is 0. The molecule has 2 aliphatic rings. The van der Waals surface area contributed by atoms with E-state index in [-0.39, 0.29) is 6.61 Å². The van der Waals surface area contributed by atoms with Crippen molar-refractivity contribution in [3.05, 3.63) is 33.1 Å². The van der Waals surface area contributed by atoms with Crippen LogP contribution in [-0.4, -0.2) is 53.2 Å². The van der Waals surface area contributed by atoms with Crippen LogP contribution in [0.15, 0.2) is 21.9 Å². The zero-order valence-electron chi connectivity index (χ0n) is 17.7. The predicted molar refractivity (Wildman–Crippen MR) is 107 cm³/mol. The van der Waals surface area contributed by atoms with Crippen molar-refractivity contribution < 1.29 is 36.8 Å². The van der Waals surface area contributed by atoms with Gasteiger partial charge in [0.05, 0.1) is 25.7 Å². The Hall–Kier alpha value is -2.29. The number of nitrogens with zero attached hydrogens (tertiary/aromatic N) is 1. The molecular weight excluding hydrogens is 450 g/mol. The molecule has 0 aromatic carbocycles. The molecule has 2 fully saturated rings. The lowest BCUT2D eigenvalue weighted by Gasteiger charge is -2.35. The standard InChI is InChI=1S/C19H24FN2O9P/c1-5-19(4)16-13(30-17(19)22-7-6-14(23)21-18(22)25)10-28-32(26,31-16)27-9-12(20)8-15(24)29-11(2)3/h1,6-7,11-13,16-17H,8-10H2,2-4H3,(H,21,23,25)/t12-,13+,16+,17+,19+,32+/m0/s1. The van der Waals surface area contributed by atoms with Gasteiger partial charge in [0, 0.05) is 12.3 Å². The third-order valence-corrected chi connectivity index (χ3v) is 6.38. The maximum atomic E-state index is 14.1. The number of phosphoric acid groups is 1. The van der Waals surface area contributed by atoms with E-state index in [1.165, 1.54) is 6.20 Å². The van der Waals surface area contributed by atoms with Gasteiger partial charge in [0.2, 0.25) is 0 Å². The Bertz CT molecular complexity index is 1060. The van der Waals surface area contributed by atoms with Crippen LogP contribution in [0.4, 0.5) is 4.39 Å². The molecule has 32 heavy (non-hydrogen) atoms. The first-order valence-corrected chi connectivity index (χ1v) is 11.3. The molecule has 1 N–H and O–H groups in total. The van der Waals surface area contributed by atoms with Crippen LogP contribution in [-0.2, 0) is 32.4 Å². The number of halogens is 1. The van der Waals surface area contributed by atoms with Crippen LogP contribution in [0.5, 0.6) is 0 Å². The molecule has 176 valence electrons. The van der Waals surface area contributed by atoms with Crippen LogP contribution < -0.4 is 11.2 Å². The summed E-state index contributed by atoms with van der Waals surface area (Å²) in [6.07, 6.45) is 1.23. The maximum absolute atomic E-state index is 14.1. The molecule has 0 radical (unpaired) electrons. The molecule has 6 atom stereocenters. The first-order chi connectivity index (χ1) is 15.0. The Kier molecular flexibility index (Phi) is 7.07. The molecule has 0 bridgehead atoms. The SMILES string of the molecule is C#C[C@]1(C)[C@@H]2O[P@](=O)(OC[C@@H](F)CC(=O)OC(C)C)OC[C@H]2O[C@H]1n1ccc(=O)[nH]c1=O. The zero-order chi connectivity index (χ0) is 23.7. The van der Waals surface area contributed by atoms with Gasteiger partial charge in [-0.15, -0.1) is 6.42 Å². The monoisotopic (exact) mass is 474 g/mol. The first kappa shape index (κ1) is 24.4. The molecule has 0 unspecified atom stereocenters. The Balaban J connectivity index is 1.71. The highest BCUT2D eigenvalue weighted by atomic mass is 31.2. The number of esters is 1. The number of aromatic amines is 1. The minimum absolute atomic E-state index is 0.264. The quantitative estimate of drug-likeness (QED) is 0.352. The fourth-order valence-corrected chi connectivity index (χ4v) is 4.96. The normalized spacial score (nSPS) is 32.8. The van der Waals surface area contributed by atoms with Crippen molar-refractivity contribution in [3.8, 4) is 12.3 Å². The van der Waals surface area contributed by atoms with Gasteiger partial charge in [-0.3, -0.25) is 32.7 Å². The molecule has 0 spiro atoms. The Labute approximate surface area is 182 Å². The van der Waals surface area contributed by atoms with Crippen molar-refractivity contribution in [1.29, 1.82) is 0 Å². The van der Waals surface area contributed by atoms with E-state index in [0.29, 0.717) is 0 Å². The van der Waals surface area contributed by atoms with Gasteiger partial charge in [-0.2, -0.15) is 0 Å². The van der Waals surface area contributed by atoms with Gasteiger partial charge in [0.25, 0.3) is 5.56 Å². The van der Waals surface area contributed by atoms with Gasteiger partial charge < -0.3 is 9.47 Å². The number of alkyl halides is 1. The van der Waals surface area contributed by atoms with Crippen LogP contribution in [0.1, 0.15) is 33.4 Å². The number of hydrogen-bond donors (Lipinski definition) is 1. The molecule has 11 nitrogen and oxygen atoms in total. The third-order valence-electron chi connectivity index (χ3n) is 4.97. The van der Waals surface area contributed by atoms with Crippen LogP contribution in [0.2, 0.25) is 0 Å². The summed E-state index contributed by atoms with van der Waals surface area (Å²) in [5.41, 5.74) is -2.66. The number of rotatable bonds is 7. The van der Waals surface area contributed by atoms with E-state index in [1.54, 1.807) is 20.8 Å². The van der Waals surface area contributed by atoms with Crippen LogP contribution in [0.25, 0.3) is 0 Å². The lowest BCUT2D eigenvalue weighted by Crippen LogP contribution is -2.43. The van der Waals surface area contributed by atoms with E-state index in [4.69, 9.17) is 29.5 Å². The van der Waals surface area contributed by atoms with Gasteiger partial charge in [-0.05, 0) is 20.8 Å². The average Bonchev–Trinajstić information content (AvgIpc) is 2.98. The van der Waals surface area contributed by atoms with Gasteiger partial charge >= 0.3 is 19.5 Å². The summed E-state index contributed by atoms with van der Waals surface area (Å²) in [5.74, 6) is 1.74. The topological polar surface area (TPSA) is 135 Å². The highest BCUT2D eigenvalue weighted by Crippen LogP contribution is 2.60. The summed E-state index contributed by atoms with van der Waals surface area (Å²) in [5, 5.41) is 0.